The maximum atomic E-state index is 11.3. The molecule has 1 saturated heterocycles. The number of cyclic esters (lactones) is 2. The van der Waals surface area contributed by atoms with Gasteiger partial charge in [0.05, 0.1) is 11.8 Å². The lowest BCUT2D eigenvalue weighted by Gasteiger charge is -2.12. The minimum atomic E-state index is -1.55. The second-order valence-corrected chi connectivity index (χ2v) is 6.35. The number of hydrogen-bond acceptors (Lipinski definition) is 5. The van der Waals surface area contributed by atoms with Gasteiger partial charge in [0.1, 0.15) is 0 Å². The Labute approximate surface area is 96.9 Å². The molecule has 92 valence electrons. The van der Waals surface area contributed by atoms with Gasteiger partial charge < -0.3 is 13.6 Å². The van der Waals surface area contributed by atoms with Crippen molar-refractivity contribution in [1.82, 2.24) is 0 Å². The van der Waals surface area contributed by atoms with Gasteiger partial charge >= 0.3 is 21.2 Å². The molecule has 0 N–H and O–H groups in total. The SMILES string of the molecule is CO[SiH](CCCC1C(=O)OC(=O)C1C)OC. The largest absolute Gasteiger partial charge is 0.400 e. The van der Waals surface area contributed by atoms with Crippen LogP contribution in [0.2, 0.25) is 6.04 Å². The lowest BCUT2D eigenvalue weighted by Crippen LogP contribution is -2.20. The molecule has 1 aliphatic heterocycles. The summed E-state index contributed by atoms with van der Waals surface area (Å²) in [6.45, 7) is 1.74. The van der Waals surface area contributed by atoms with Crippen LogP contribution in [-0.4, -0.2) is 35.4 Å². The monoisotopic (exact) mass is 246 g/mol. The summed E-state index contributed by atoms with van der Waals surface area (Å²) in [5.41, 5.74) is 0. The first kappa shape index (κ1) is 13.3. The van der Waals surface area contributed by atoms with Crippen LogP contribution >= 0.6 is 0 Å². The molecule has 5 nitrogen and oxygen atoms in total. The molecule has 1 fully saturated rings. The molecule has 1 heterocycles. The highest BCUT2D eigenvalue weighted by molar-refractivity contribution is 6.44. The Balaban J connectivity index is 2.32. The number of carbonyl (C=O) groups excluding carboxylic acids is 2. The first-order valence-electron chi connectivity index (χ1n) is 5.41. The highest BCUT2D eigenvalue weighted by Crippen LogP contribution is 2.27. The highest BCUT2D eigenvalue weighted by atomic mass is 28.3. The fraction of sp³-hybridized carbons (Fsp3) is 0.800. The lowest BCUT2D eigenvalue weighted by molar-refractivity contribution is -0.153. The van der Waals surface area contributed by atoms with Crippen molar-refractivity contribution >= 4 is 21.2 Å². The van der Waals surface area contributed by atoms with Crippen molar-refractivity contribution in [2.45, 2.75) is 25.8 Å². The minimum Gasteiger partial charge on any atom is -0.400 e. The molecule has 0 amide bonds. The van der Waals surface area contributed by atoms with Crippen LogP contribution in [0, 0.1) is 11.8 Å². The summed E-state index contributed by atoms with van der Waals surface area (Å²) >= 11 is 0. The smallest absolute Gasteiger partial charge is 0.320 e. The Morgan fingerprint density at radius 1 is 1.25 bits per heavy atom. The number of rotatable bonds is 6. The van der Waals surface area contributed by atoms with E-state index in [4.69, 9.17) is 8.85 Å². The molecule has 0 radical (unpaired) electrons. The third-order valence-electron chi connectivity index (χ3n) is 2.96. The molecule has 1 rings (SSSR count). The van der Waals surface area contributed by atoms with Gasteiger partial charge in [-0.3, -0.25) is 9.59 Å². The minimum absolute atomic E-state index is 0.282. The third-order valence-corrected chi connectivity index (χ3v) is 4.89. The highest BCUT2D eigenvalue weighted by Gasteiger charge is 2.40. The molecular formula is C10H18O5Si. The van der Waals surface area contributed by atoms with Crippen LogP contribution in [-0.2, 0) is 23.2 Å². The summed E-state index contributed by atoms with van der Waals surface area (Å²) in [5, 5.41) is 0. The summed E-state index contributed by atoms with van der Waals surface area (Å²) in [7, 11) is 1.72. The van der Waals surface area contributed by atoms with Gasteiger partial charge in [0.25, 0.3) is 0 Å². The van der Waals surface area contributed by atoms with Gasteiger partial charge in [-0.2, -0.15) is 0 Å². The van der Waals surface area contributed by atoms with E-state index in [9.17, 15) is 9.59 Å². The molecule has 1 aliphatic rings. The Morgan fingerprint density at radius 3 is 2.31 bits per heavy atom. The average Bonchev–Trinajstić information content (AvgIpc) is 2.50. The Morgan fingerprint density at radius 2 is 1.88 bits per heavy atom. The molecule has 0 aromatic rings. The van der Waals surface area contributed by atoms with E-state index < -0.39 is 15.3 Å². The summed E-state index contributed by atoms with van der Waals surface area (Å²) < 4.78 is 14.9. The second kappa shape index (κ2) is 6.12. The molecular weight excluding hydrogens is 228 g/mol. The van der Waals surface area contributed by atoms with E-state index >= 15 is 0 Å². The molecule has 6 heteroatoms. The van der Waals surface area contributed by atoms with Crippen molar-refractivity contribution in [3.8, 4) is 0 Å². The molecule has 0 saturated carbocycles. The van der Waals surface area contributed by atoms with Crippen molar-refractivity contribution in [2.24, 2.45) is 11.8 Å². The van der Waals surface area contributed by atoms with Crippen LogP contribution < -0.4 is 0 Å². The second-order valence-electron chi connectivity index (χ2n) is 3.97. The molecule has 16 heavy (non-hydrogen) atoms. The lowest BCUT2D eigenvalue weighted by atomic mass is 9.93. The van der Waals surface area contributed by atoms with Gasteiger partial charge in [0, 0.05) is 14.2 Å². The van der Waals surface area contributed by atoms with Crippen LogP contribution in [0.3, 0.4) is 0 Å². The number of hydrogen-bond donors (Lipinski definition) is 0. The summed E-state index contributed by atoms with van der Waals surface area (Å²) in [5.74, 6) is -1.37. The van der Waals surface area contributed by atoms with E-state index in [0.29, 0.717) is 6.42 Å². The predicted octanol–water partition coefficient (Wildman–Crippen LogP) is 0.616. The summed E-state index contributed by atoms with van der Waals surface area (Å²) in [6.07, 6.45) is 1.50. The fourth-order valence-corrected chi connectivity index (χ4v) is 3.07. The third kappa shape index (κ3) is 3.13. The van der Waals surface area contributed by atoms with Crippen LogP contribution in [0.4, 0.5) is 0 Å². The van der Waals surface area contributed by atoms with Gasteiger partial charge in [-0.05, 0) is 12.5 Å². The zero-order valence-corrected chi connectivity index (χ0v) is 11.0. The topological polar surface area (TPSA) is 61.8 Å². The van der Waals surface area contributed by atoms with Gasteiger partial charge in [-0.1, -0.05) is 13.3 Å². The van der Waals surface area contributed by atoms with Crippen molar-refractivity contribution < 1.29 is 23.2 Å². The Hall–Kier alpha value is -0.723. The zero-order valence-electron chi connectivity index (χ0n) is 9.89. The molecule has 2 atom stereocenters. The van der Waals surface area contributed by atoms with Crippen LogP contribution in [0.1, 0.15) is 19.8 Å². The molecule has 0 bridgehead atoms. The van der Waals surface area contributed by atoms with E-state index in [2.05, 4.69) is 4.74 Å². The van der Waals surface area contributed by atoms with E-state index in [0.717, 1.165) is 12.5 Å². The fourth-order valence-electron chi connectivity index (χ4n) is 1.84. The van der Waals surface area contributed by atoms with Gasteiger partial charge in [-0.15, -0.1) is 0 Å². The van der Waals surface area contributed by atoms with E-state index in [1.54, 1.807) is 21.1 Å². The van der Waals surface area contributed by atoms with E-state index in [1.165, 1.54) is 0 Å². The standard InChI is InChI=1S/C10H18O5Si/c1-7-8(10(12)15-9(7)11)5-4-6-16(13-2)14-3/h7-8,16H,4-6H2,1-3H3. The first-order valence-corrected chi connectivity index (χ1v) is 7.17. The van der Waals surface area contributed by atoms with Gasteiger partial charge in [0.2, 0.25) is 0 Å². The average molecular weight is 246 g/mol. The molecule has 0 spiro atoms. The van der Waals surface area contributed by atoms with Crippen molar-refractivity contribution in [3.05, 3.63) is 0 Å². The first-order chi connectivity index (χ1) is 7.60. The normalized spacial score (nSPS) is 25.2. The summed E-state index contributed by atoms with van der Waals surface area (Å²) in [6, 6.07) is 0.845. The van der Waals surface area contributed by atoms with Gasteiger partial charge in [-0.25, -0.2) is 0 Å². The van der Waals surface area contributed by atoms with Crippen molar-refractivity contribution in [2.75, 3.05) is 14.2 Å². The zero-order chi connectivity index (χ0) is 12.1. The molecule has 0 aromatic heterocycles. The summed E-state index contributed by atoms with van der Waals surface area (Å²) in [4.78, 5) is 22.4. The quantitative estimate of drug-likeness (QED) is 0.390. The number of carbonyl (C=O) groups is 2. The van der Waals surface area contributed by atoms with E-state index in [1.807, 2.05) is 0 Å². The maximum Gasteiger partial charge on any atom is 0.320 e. The van der Waals surface area contributed by atoms with E-state index in [-0.39, 0.29) is 17.8 Å². The van der Waals surface area contributed by atoms with Crippen LogP contribution in [0.25, 0.3) is 0 Å². The Bertz CT molecular complexity index is 264. The Kier molecular flexibility index (Phi) is 5.10. The van der Waals surface area contributed by atoms with Crippen molar-refractivity contribution in [3.63, 3.8) is 0 Å². The van der Waals surface area contributed by atoms with Crippen LogP contribution in [0.15, 0.2) is 0 Å². The molecule has 0 aromatic carbocycles. The molecule has 2 unspecified atom stereocenters. The predicted molar refractivity (Wildman–Crippen MR) is 59.0 cm³/mol. The van der Waals surface area contributed by atoms with Gasteiger partial charge in [0.15, 0.2) is 0 Å². The van der Waals surface area contributed by atoms with Crippen molar-refractivity contribution in [1.29, 1.82) is 0 Å². The number of ether oxygens (including phenoxy) is 1. The number of esters is 2. The maximum absolute atomic E-state index is 11.3. The molecule has 0 aliphatic carbocycles. The van der Waals surface area contributed by atoms with Crippen LogP contribution in [0.5, 0.6) is 0 Å².